The van der Waals surface area contributed by atoms with E-state index in [1.54, 1.807) is 0 Å². The number of halogens is 1. The van der Waals surface area contributed by atoms with Crippen LogP contribution in [0.25, 0.3) is 15.6 Å². The van der Waals surface area contributed by atoms with Gasteiger partial charge in [0.15, 0.2) is 5.78 Å². The fourth-order valence-corrected chi connectivity index (χ4v) is 3.54. The second-order valence-electron chi connectivity index (χ2n) is 5.85. The molecule has 1 heterocycles. The maximum absolute atomic E-state index is 12.1. The lowest BCUT2D eigenvalue weighted by Crippen LogP contribution is -2.13. The number of Topliss-reactive ketones (excluding diaryl/α,β-unsaturated/α-hetero) is 1. The summed E-state index contributed by atoms with van der Waals surface area (Å²) >= 11 is 3.43. The second kappa shape index (κ2) is 5.10. The molecule has 0 radical (unpaired) electrons. The van der Waals surface area contributed by atoms with Crippen LogP contribution < -0.4 is 4.74 Å². The Bertz CT molecular complexity index is 820. The van der Waals surface area contributed by atoms with Crippen LogP contribution in [0.5, 0.6) is 5.75 Å². The molecule has 2 aliphatic rings. The maximum Gasteiger partial charge on any atom is 0.163 e. The minimum atomic E-state index is 0.240. The number of rotatable bonds is 1. The third-order valence-electron chi connectivity index (χ3n) is 4.45. The zero-order chi connectivity index (χ0) is 15.3. The van der Waals surface area contributed by atoms with E-state index in [9.17, 15) is 4.79 Å². The molecule has 1 aliphatic heterocycles. The highest BCUT2D eigenvalue weighted by Crippen LogP contribution is 2.41. The van der Waals surface area contributed by atoms with Crippen molar-refractivity contribution in [3.8, 4) is 16.9 Å². The van der Waals surface area contributed by atoms with Crippen molar-refractivity contribution in [3.63, 3.8) is 0 Å². The Morgan fingerprint density at radius 2 is 1.91 bits per heavy atom. The van der Waals surface area contributed by atoms with E-state index in [2.05, 4.69) is 46.8 Å². The van der Waals surface area contributed by atoms with Crippen molar-refractivity contribution in [3.05, 3.63) is 59.2 Å². The molecule has 0 fully saturated rings. The van der Waals surface area contributed by atoms with Gasteiger partial charge in [-0.25, -0.2) is 0 Å². The summed E-state index contributed by atoms with van der Waals surface area (Å²) in [6, 6.07) is 10.4. The predicted octanol–water partition coefficient (Wildman–Crippen LogP) is 5.13. The van der Waals surface area contributed by atoms with Gasteiger partial charge in [-0.1, -0.05) is 34.6 Å². The topological polar surface area (TPSA) is 26.3 Å². The van der Waals surface area contributed by atoms with E-state index in [1.807, 2.05) is 6.07 Å². The summed E-state index contributed by atoms with van der Waals surface area (Å²) in [6.07, 6.45) is 2.57. The van der Waals surface area contributed by atoms with Crippen LogP contribution in [-0.2, 0) is 13.0 Å². The lowest BCUT2D eigenvalue weighted by molar-refractivity contribution is 0.0972. The highest BCUT2D eigenvalue weighted by Gasteiger charge is 2.24. The Hall–Kier alpha value is -1.87. The van der Waals surface area contributed by atoms with Gasteiger partial charge in [-0.15, -0.1) is 0 Å². The fourth-order valence-electron chi connectivity index (χ4n) is 3.30. The number of hydrogen-bond donors (Lipinski definition) is 0. The molecule has 0 atom stereocenters. The molecular formula is C19H15BrO2. The quantitative estimate of drug-likeness (QED) is 0.709. The van der Waals surface area contributed by atoms with Crippen molar-refractivity contribution in [2.24, 2.45) is 0 Å². The van der Waals surface area contributed by atoms with Gasteiger partial charge >= 0.3 is 0 Å². The van der Waals surface area contributed by atoms with Crippen LogP contribution in [-0.4, -0.2) is 5.78 Å². The van der Waals surface area contributed by atoms with Gasteiger partial charge < -0.3 is 4.74 Å². The molecule has 0 N–H and O–H groups in total. The molecular weight excluding hydrogens is 340 g/mol. The van der Waals surface area contributed by atoms with Crippen molar-refractivity contribution < 1.29 is 9.53 Å². The Kier molecular flexibility index (Phi) is 3.19. The van der Waals surface area contributed by atoms with Gasteiger partial charge in [0.25, 0.3) is 0 Å². The van der Waals surface area contributed by atoms with Crippen molar-refractivity contribution in [2.45, 2.75) is 25.9 Å². The summed E-state index contributed by atoms with van der Waals surface area (Å²) in [5.41, 5.74) is 6.52. The summed E-state index contributed by atoms with van der Waals surface area (Å²) < 4.78 is 6.77. The number of carbonyl (C=O) groups is 1. The third-order valence-corrected chi connectivity index (χ3v) is 4.91. The molecule has 0 aromatic heterocycles. The lowest BCUT2D eigenvalue weighted by atomic mass is 9.86. The number of benzene rings is 2. The molecule has 2 aromatic carbocycles. The van der Waals surface area contributed by atoms with Crippen LogP contribution in [0.1, 0.15) is 39.9 Å². The largest absolute Gasteiger partial charge is 0.488 e. The average Bonchev–Trinajstić information content (AvgIpc) is 2.53. The summed E-state index contributed by atoms with van der Waals surface area (Å²) in [5, 5.41) is 0. The second-order valence-corrected chi connectivity index (χ2v) is 6.80. The predicted molar refractivity (Wildman–Crippen MR) is 91.4 cm³/mol. The van der Waals surface area contributed by atoms with E-state index < -0.39 is 0 Å². The fraction of sp³-hybridized carbons (Fsp3) is 0.211. The van der Waals surface area contributed by atoms with Gasteiger partial charge in [-0.05, 0) is 53.3 Å². The van der Waals surface area contributed by atoms with Gasteiger partial charge in [0.1, 0.15) is 12.4 Å². The minimum Gasteiger partial charge on any atom is -0.488 e. The van der Waals surface area contributed by atoms with E-state index in [0.29, 0.717) is 13.0 Å². The zero-order valence-corrected chi connectivity index (χ0v) is 13.7. The highest BCUT2D eigenvalue weighted by molar-refractivity contribution is 9.15. The van der Waals surface area contributed by atoms with Crippen molar-refractivity contribution in [1.29, 1.82) is 0 Å². The molecule has 1 aliphatic carbocycles. The molecule has 110 valence electrons. The molecule has 2 nitrogen and oxygen atoms in total. The van der Waals surface area contributed by atoms with Gasteiger partial charge in [0.2, 0.25) is 0 Å². The Labute approximate surface area is 137 Å². The van der Waals surface area contributed by atoms with Crippen LogP contribution in [0, 0.1) is 0 Å². The van der Waals surface area contributed by atoms with Gasteiger partial charge in [0, 0.05) is 22.0 Å². The summed E-state index contributed by atoms with van der Waals surface area (Å²) in [6.45, 7) is 4.45. The van der Waals surface area contributed by atoms with E-state index in [-0.39, 0.29) is 5.78 Å². The third kappa shape index (κ3) is 2.12. The van der Waals surface area contributed by atoms with Gasteiger partial charge in [-0.3, -0.25) is 4.79 Å². The zero-order valence-electron chi connectivity index (χ0n) is 12.1. The van der Waals surface area contributed by atoms with Crippen molar-refractivity contribution in [2.75, 3.05) is 0 Å². The monoisotopic (exact) mass is 354 g/mol. The molecule has 3 heteroatoms. The van der Waals surface area contributed by atoms with E-state index >= 15 is 0 Å². The van der Waals surface area contributed by atoms with Crippen molar-refractivity contribution in [1.82, 2.24) is 0 Å². The number of carbonyl (C=O) groups excluding carboxylic acids is 1. The number of fused-ring (bicyclic) bond motifs is 4. The molecule has 2 aromatic rings. The normalized spacial score (nSPS) is 15.4. The number of ketones is 1. The van der Waals surface area contributed by atoms with E-state index in [0.717, 1.165) is 50.9 Å². The average molecular weight is 355 g/mol. The van der Waals surface area contributed by atoms with Crippen LogP contribution in [0.4, 0.5) is 0 Å². The van der Waals surface area contributed by atoms with Crippen LogP contribution in [0.15, 0.2) is 36.9 Å². The van der Waals surface area contributed by atoms with Gasteiger partial charge in [0.05, 0.1) is 0 Å². The standard InChI is InChI=1S/C19H15BrO2/c1-11(20)12-5-6-15-14(7-12)10-22-19-9-16-13(8-17(15)19)3-2-4-18(16)21/h5-9H,1-4,10H2. The summed E-state index contributed by atoms with van der Waals surface area (Å²) in [5.74, 6) is 1.07. The number of hydrogen-bond acceptors (Lipinski definition) is 2. The Morgan fingerprint density at radius 1 is 1.05 bits per heavy atom. The van der Waals surface area contributed by atoms with Crippen LogP contribution >= 0.6 is 15.9 Å². The molecule has 0 saturated heterocycles. The highest BCUT2D eigenvalue weighted by atomic mass is 79.9. The number of ether oxygens (including phenoxy) is 1. The molecule has 4 rings (SSSR count). The smallest absolute Gasteiger partial charge is 0.163 e. The molecule has 0 amide bonds. The molecule has 22 heavy (non-hydrogen) atoms. The maximum atomic E-state index is 12.1. The Morgan fingerprint density at radius 3 is 2.73 bits per heavy atom. The molecule has 0 unspecified atom stereocenters. The molecule has 0 spiro atoms. The summed E-state index contributed by atoms with van der Waals surface area (Å²) in [7, 11) is 0. The molecule has 0 saturated carbocycles. The van der Waals surface area contributed by atoms with Gasteiger partial charge in [-0.2, -0.15) is 0 Å². The first-order valence-electron chi connectivity index (χ1n) is 7.44. The minimum absolute atomic E-state index is 0.240. The Balaban J connectivity index is 1.88. The van der Waals surface area contributed by atoms with Crippen molar-refractivity contribution >= 4 is 26.2 Å². The first kappa shape index (κ1) is 13.8. The van der Waals surface area contributed by atoms with Crippen LogP contribution in [0.3, 0.4) is 0 Å². The lowest BCUT2D eigenvalue weighted by Gasteiger charge is -2.25. The number of aryl methyl sites for hydroxylation is 1. The summed E-state index contributed by atoms with van der Waals surface area (Å²) in [4.78, 5) is 12.1. The van der Waals surface area contributed by atoms with Crippen LogP contribution in [0.2, 0.25) is 0 Å². The SMILES string of the molecule is C=C(Br)c1ccc2c(c1)COc1cc3c(cc1-2)CCCC3=O. The first-order chi connectivity index (χ1) is 10.6. The first-order valence-corrected chi connectivity index (χ1v) is 8.24. The molecule has 0 bridgehead atoms. The van der Waals surface area contributed by atoms with E-state index in [4.69, 9.17) is 4.74 Å². The van der Waals surface area contributed by atoms with E-state index in [1.165, 1.54) is 5.56 Å².